The second-order valence-electron chi connectivity index (χ2n) is 5.06. The quantitative estimate of drug-likeness (QED) is 0.496. The fraction of sp³-hybridized carbons (Fsp3) is 0.231. The summed E-state index contributed by atoms with van der Waals surface area (Å²) in [6, 6.07) is 1.43. The van der Waals surface area contributed by atoms with Gasteiger partial charge < -0.3 is 14.8 Å². The number of fused-ring (bicyclic) bond motifs is 1. The van der Waals surface area contributed by atoms with E-state index in [-0.39, 0.29) is 32.3 Å². The number of ether oxygens (including phenoxy) is 2. The molecule has 0 unspecified atom stereocenters. The third-order valence-corrected chi connectivity index (χ3v) is 3.51. The highest BCUT2D eigenvalue weighted by atomic mass is 35.5. The predicted molar refractivity (Wildman–Crippen MR) is 79.8 cm³/mol. The van der Waals surface area contributed by atoms with Crippen molar-refractivity contribution in [3.63, 3.8) is 0 Å². The zero-order valence-corrected chi connectivity index (χ0v) is 13.4. The number of hydrogen-bond acceptors (Lipinski definition) is 8. The number of hydrogen-bond donors (Lipinski definition) is 1. The van der Waals surface area contributed by atoms with Gasteiger partial charge in [-0.05, 0) is 16.4 Å². The van der Waals surface area contributed by atoms with E-state index in [2.05, 4.69) is 20.3 Å². The lowest BCUT2D eigenvalue weighted by Gasteiger charge is -2.29. The van der Waals surface area contributed by atoms with E-state index >= 15 is 0 Å². The van der Waals surface area contributed by atoms with Gasteiger partial charge in [0.15, 0.2) is 16.6 Å². The Morgan fingerprint density at radius 1 is 1.09 bits per heavy atom. The van der Waals surface area contributed by atoms with Gasteiger partial charge >= 0.3 is 11.9 Å². The Bertz CT molecular complexity index is 837. The molecule has 0 bridgehead atoms. The lowest BCUT2D eigenvalue weighted by atomic mass is 10.2. The molecule has 2 heterocycles. The van der Waals surface area contributed by atoms with Crippen molar-refractivity contribution in [2.75, 3.05) is 5.32 Å². The Hall–Kier alpha value is -2.32. The van der Waals surface area contributed by atoms with E-state index in [0.717, 1.165) is 6.20 Å². The van der Waals surface area contributed by atoms with Crippen LogP contribution in [0.2, 0.25) is 10.0 Å². The molecule has 3 rings (SSSR count). The van der Waals surface area contributed by atoms with Crippen LogP contribution in [0.15, 0.2) is 22.5 Å². The number of anilines is 1. The Morgan fingerprint density at radius 2 is 1.70 bits per heavy atom. The van der Waals surface area contributed by atoms with Crippen molar-refractivity contribution in [1.82, 2.24) is 10.3 Å². The minimum absolute atomic E-state index is 0.202. The van der Waals surface area contributed by atoms with Crippen LogP contribution in [-0.4, -0.2) is 28.0 Å². The summed E-state index contributed by atoms with van der Waals surface area (Å²) in [5.41, 5.74) is 0.481. The van der Waals surface area contributed by atoms with Crippen molar-refractivity contribution in [3.05, 3.63) is 27.9 Å². The fourth-order valence-electron chi connectivity index (χ4n) is 1.93. The average Bonchev–Trinajstić information content (AvgIpc) is 2.89. The molecule has 10 heteroatoms. The first-order valence-electron chi connectivity index (χ1n) is 6.32. The number of aromatic nitrogens is 2. The van der Waals surface area contributed by atoms with Crippen molar-refractivity contribution >= 4 is 51.9 Å². The van der Waals surface area contributed by atoms with Crippen LogP contribution in [0.25, 0.3) is 11.0 Å². The molecule has 1 fully saturated rings. The van der Waals surface area contributed by atoms with Gasteiger partial charge in [-0.3, -0.25) is 0 Å². The second kappa shape index (κ2) is 5.39. The average molecular weight is 358 g/mol. The van der Waals surface area contributed by atoms with E-state index in [9.17, 15) is 9.59 Å². The van der Waals surface area contributed by atoms with Crippen molar-refractivity contribution < 1.29 is 23.7 Å². The molecule has 1 aromatic heterocycles. The highest BCUT2D eigenvalue weighted by Gasteiger charge is 2.39. The van der Waals surface area contributed by atoms with Gasteiger partial charge in [-0.2, -0.15) is 0 Å². The highest BCUT2D eigenvalue weighted by molar-refractivity contribution is 6.40. The minimum atomic E-state index is -1.31. The number of carbonyl (C=O) groups excluding carboxylic acids is 2. The monoisotopic (exact) mass is 357 g/mol. The van der Waals surface area contributed by atoms with Gasteiger partial charge in [-0.1, -0.05) is 23.2 Å². The van der Waals surface area contributed by atoms with E-state index in [1.807, 2.05) is 0 Å². The van der Waals surface area contributed by atoms with Gasteiger partial charge in [0.2, 0.25) is 0 Å². The summed E-state index contributed by atoms with van der Waals surface area (Å²) < 4.78 is 14.6. The Morgan fingerprint density at radius 3 is 2.35 bits per heavy atom. The molecule has 0 atom stereocenters. The minimum Gasteiger partial charge on any atom is -0.419 e. The van der Waals surface area contributed by atoms with Crippen LogP contribution >= 0.6 is 23.2 Å². The number of carbonyl (C=O) groups is 2. The summed E-state index contributed by atoms with van der Waals surface area (Å²) in [6.45, 7) is 2.90. The summed E-state index contributed by atoms with van der Waals surface area (Å²) in [7, 11) is 0. The van der Waals surface area contributed by atoms with Crippen LogP contribution in [0.1, 0.15) is 13.8 Å². The molecule has 0 amide bonds. The molecule has 1 aliphatic heterocycles. The van der Waals surface area contributed by atoms with Crippen molar-refractivity contribution in [3.8, 4) is 0 Å². The molecule has 1 aromatic carbocycles. The Kier molecular flexibility index (Phi) is 3.65. The van der Waals surface area contributed by atoms with Crippen molar-refractivity contribution in [1.29, 1.82) is 0 Å². The maximum absolute atomic E-state index is 11.9. The molecule has 0 radical (unpaired) electrons. The summed E-state index contributed by atoms with van der Waals surface area (Å²) in [5, 5.41) is 10.5. The van der Waals surface area contributed by atoms with E-state index < -0.39 is 17.7 Å². The predicted octanol–water partition coefficient (Wildman–Crippen LogP) is 2.66. The number of nitrogens with zero attached hydrogens (tertiary/aromatic N) is 2. The lowest BCUT2D eigenvalue weighted by molar-refractivity contribution is -0.222. The first-order chi connectivity index (χ1) is 10.8. The standard InChI is InChI=1S/C13H9Cl2N3O5/c1-13(2)21-11(19)5(12(20)22-13)4-16-8-6(14)3-7(15)9-10(8)18-23-17-9/h3-4,16H,1-2H3. The summed E-state index contributed by atoms with van der Waals surface area (Å²) in [6.07, 6.45) is 1.11. The molecular weight excluding hydrogens is 349 g/mol. The van der Waals surface area contributed by atoms with Crippen LogP contribution in [0.3, 0.4) is 0 Å². The Balaban J connectivity index is 1.96. The van der Waals surface area contributed by atoms with Crippen LogP contribution in [0.4, 0.5) is 5.69 Å². The van der Waals surface area contributed by atoms with Gasteiger partial charge in [0.05, 0.1) is 15.7 Å². The number of rotatable bonds is 2. The molecule has 8 nitrogen and oxygen atoms in total. The SMILES string of the molecule is CC1(C)OC(=O)C(=CNc2c(Cl)cc(Cl)c3nonc23)C(=O)O1. The zero-order valence-electron chi connectivity index (χ0n) is 11.8. The first-order valence-corrected chi connectivity index (χ1v) is 7.08. The van der Waals surface area contributed by atoms with Crippen molar-refractivity contribution in [2.24, 2.45) is 0 Å². The molecular formula is C13H9Cl2N3O5. The second-order valence-corrected chi connectivity index (χ2v) is 5.87. The van der Waals surface area contributed by atoms with Crippen LogP contribution in [0.5, 0.6) is 0 Å². The molecule has 1 aliphatic rings. The van der Waals surface area contributed by atoms with E-state index in [0.29, 0.717) is 0 Å². The molecule has 0 saturated carbocycles. The molecule has 0 spiro atoms. The van der Waals surface area contributed by atoms with Gasteiger partial charge in [-0.15, -0.1) is 0 Å². The van der Waals surface area contributed by atoms with Gasteiger partial charge in [0.1, 0.15) is 0 Å². The zero-order chi connectivity index (χ0) is 16.8. The summed E-state index contributed by atoms with van der Waals surface area (Å²) >= 11 is 12.0. The summed E-state index contributed by atoms with van der Waals surface area (Å²) in [4.78, 5) is 23.7. The number of nitrogens with one attached hydrogen (secondary N) is 1. The number of benzene rings is 1. The van der Waals surface area contributed by atoms with Crippen LogP contribution < -0.4 is 5.32 Å². The maximum atomic E-state index is 11.9. The smallest absolute Gasteiger partial charge is 0.350 e. The number of esters is 2. The first kappa shape index (κ1) is 15.6. The topological polar surface area (TPSA) is 104 Å². The number of cyclic esters (lactones) is 2. The maximum Gasteiger partial charge on any atom is 0.350 e. The molecule has 2 aromatic rings. The van der Waals surface area contributed by atoms with E-state index in [4.69, 9.17) is 32.7 Å². The summed E-state index contributed by atoms with van der Waals surface area (Å²) in [5.74, 6) is -2.95. The van der Waals surface area contributed by atoms with Crippen molar-refractivity contribution in [2.45, 2.75) is 19.6 Å². The van der Waals surface area contributed by atoms with E-state index in [1.165, 1.54) is 19.9 Å². The van der Waals surface area contributed by atoms with Gasteiger partial charge in [0.25, 0.3) is 5.79 Å². The molecule has 23 heavy (non-hydrogen) atoms. The third-order valence-electron chi connectivity index (χ3n) is 2.92. The normalized spacial score (nSPS) is 17.0. The van der Waals surface area contributed by atoms with Gasteiger partial charge in [-0.25, -0.2) is 14.2 Å². The molecule has 0 aliphatic carbocycles. The fourth-order valence-corrected chi connectivity index (χ4v) is 2.48. The lowest BCUT2D eigenvalue weighted by Crippen LogP contribution is -2.42. The van der Waals surface area contributed by atoms with Crippen LogP contribution in [0, 0.1) is 0 Å². The van der Waals surface area contributed by atoms with Gasteiger partial charge in [0, 0.05) is 20.0 Å². The third kappa shape index (κ3) is 2.82. The van der Waals surface area contributed by atoms with E-state index in [1.54, 1.807) is 0 Å². The molecule has 1 N–H and O–H groups in total. The molecule has 1 saturated heterocycles. The van der Waals surface area contributed by atoms with Crippen LogP contribution in [-0.2, 0) is 19.1 Å². The number of halogens is 2. The molecule has 120 valence electrons. The Labute approximate surface area is 139 Å². The largest absolute Gasteiger partial charge is 0.419 e. The highest BCUT2D eigenvalue weighted by Crippen LogP contribution is 2.34.